The zero-order valence-corrected chi connectivity index (χ0v) is 10.5. The highest BCUT2D eigenvalue weighted by Crippen LogP contribution is 1.86. The molecule has 0 fully saturated rings. The number of ether oxygens (including phenoxy) is 1. The molecule has 0 amide bonds. The summed E-state index contributed by atoms with van der Waals surface area (Å²) >= 11 is 0. The van der Waals surface area contributed by atoms with Crippen molar-refractivity contribution in [1.29, 1.82) is 0 Å². The minimum atomic E-state index is -0.182. The van der Waals surface area contributed by atoms with E-state index in [-0.39, 0.29) is 18.4 Å². The van der Waals surface area contributed by atoms with Gasteiger partial charge < -0.3 is 14.6 Å². The van der Waals surface area contributed by atoms with E-state index in [1.165, 1.54) is 20.8 Å². The second-order valence-electron chi connectivity index (χ2n) is 2.92. The van der Waals surface area contributed by atoms with Gasteiger partial charge in [-0.15, -0.1) is 0 Å². The van der Waals surface area contributed by atoms with Crippen LogP contribution < -0.4 is 0 Å². The number of carbonyl (C=O) groups excluding carboxylic acids is 2. The van der Waals surface area contributed by atoms with Crippen LogP contribution in [-0.4, -0.2) is 30.1 Å². The van der Waals surface area contributed by atoms with Crippen LogP contribution >= 0.6 is 0 Å². The lowest BCUT2D eigenvalue weighted by molar-refractivity contribution is -0.141. The van der Waals surface area contributed by atoms with E-state index in [0.29, 0.717) is 6.61 Å². The molecule has 0 aromatic carbocycles. The van der Waals surface area contributed by atoms with E-state index in [0.717, 1.165) is 12.8 Å². The van der Waals surface area contributed by atoms with Crippen molar-refractivity contribution in [2.75, 3.05) is 13.2 Å². The molecule has 15 heavy (non-hydrogen) atoms. The maximum Gasteiger partial charge on any atom is 0.302 e. The third-order valence-electron chi connectivity index (χ3n) is 0.803. The zero-order valence-electron chi connectivity index (χ0n) is 10.5. The largest absolute Gasteiger partial charge is 0.466 e. The minimum Gasteiger partial charge on any atom is -0.466 e. The molecular weight excluding hydrogens is 196 g/mol. The molecule has 0 bridgehead atoms. The first kappa shape index (κ1) is 19.6. The molecule has 0 spiro atoms. The van der Waals surface area contributed by atoms with E-state index in [4.69, 9.17) is 5.11 Å². The fourth-order valence-corrected chi connectivity index (χ4v) is 0.360. The van der Waals surface area contributed by atoms with Gasteiger partial charge in [0.25, 0.3) is 0 Å². The molecule has 0 unspecified atom stereocenters. The van der Waals surface area contributed by atoms with Gasteiger partial charge in [0.15, 0.2) is 0 Å². The van der Waals surface area contributed by atoms with Gasteiger partial charge in [-0.3, -0.25) is 4.79 Å². The topological polar surface area (TPSA) is 63.6 Å². The minimum absolute atomic E-state index is 0.167. The lowest BCUT2D eigenvalue weighted by Gasteiger charge is -1.96. The van der Waals surface area contributed by atoms with Crippen molar-refractivity contribution in [3.63, 3.8) is 0 Å². The molecular formula is C11H24O4. The summed E-state index contributed by atoms with van der Waals surface area (Å²) in [4.78, 5) is 19.5. The van der Waals surface area contributed by atoms with E-state index in [1.54, 1.807) is 6.92 Å². The van der Waals surface area contributed by atoms with Crippen LogP contribution in [0.15, 0.2) is 0 Å². The summed E-state index contributed by atoms with van der Waals surface area (Å²) in [5.41, 5.74) is 0. The van der Waals surface area contributed by atoms with E-state index < -0.39 is 0 Å². The molecule has 0 aromatic heterocycles. The Bertz CT molecular complexity index is 140. The van der Waals surface area contributed by atoms with E-state index in [1.807, 2.05) is 0 Å². The first-order valence-electron chi connectivity index (χ1n) is 5.13. The van der Waals surface area contributed by atoms with Crippen LogP contribution in [0.1, 0.15) is 47.5 Å². The van der Waals surface area contributed by atoms with Crippen molar-refractivity contribution in [2.45, 2.75) is 47.5 Å². The lowest BCUT2D eigenvalue weighted by atomic mass is 10.4. The molecule has 0 saturated carbocycles. The number of Topliss-reactive ketones (excluding diaryl/α,β-unsaturated/α-hetero) is 1. The number of unbranched alkanes of at least 4 members (excludes halogenated alkanes) is 1. The molecule has 0 heterocycles. The summed E-state index contributed by atoms with van der Waals surface area (Å²) in [5.74, 6) is -0.0153. The molecule has 0 aromatic rings. The Morgan fingerprint density at radius 2 is 1.47 bits per heavy atom. The number of carbonyl (C=O) groups is 2. The smallest absolute Gasteiger partial charge is 0.302 e. The Morgan fingerprint density at radius 1 is 1.13 bits per heavy atom. The predicted molar refractivity (Wildman–Crippen MR) is 60.7 cm³/mol. The predicted octanol–water partition coefficient (Wildman–Crippen LogP) is 1.94. The third-order valence-corrected chi connectivity index (χ3v) is 0.803. The Hall–Kier alpha value is -0.900. The van der Waals surface area contributed by atoms with Crippen LogP contribution in [0, 0.1) is 0 Å². The summed E-state index contributed by atoms with van der Waals surface area (Å²) in [6.07, 6.45) is 2.05. The Labute approximate surface area is 92.6 Å². The summed E-state index contributed by atoms with van der Waals surface area (Å²) in [6.45, 7) is 9.05. The van der Waals surface area contributed by atoms with E-state index in [2.05, 4.69) is 11.7 Å². The van der Waals surface area contributed by atoms with Crippen LogP contribution in [0.4, 0.5) is 0 Å². The van der Waals surface area contributed by atoms with Crippen LogP contribution in [0.5, 0.6) is 0 Å². The Balaban J connectivity index is -0.000000173. The Morgan fingerprint density at radius 3 is 1.67 bits per heavy atom. The number of esters is 1. The van der Waals surface area contributed by atoms with Crippen molar-refractivity contribution in [3.05, 3.63) is 0 Å². The SMILES string of the molecule is CC(C)=O.CCCCOC(C)=O.CCO. The Kier molecular flexibility index (Phi) is 24.6. The average molecular weight is 220 g/mol. The molecule has 0 aliphatic rings. The summed E-state index contributed by atoms with van der Waals surface area (Å²) < 4.78 is 4.64. The highest BCUT2D eigenvalue weighted by Gasteiger charge is 1.88. The number of rotatable bonds is 3. The molecule has 0 rings (SSSR count). The third kappa shape index (κ3) is 96.0. The van der Waals surface area contributed by atoms with Crippen molar-refractivity contribution >= 4 is 11.8 Å². The molecule has 1 N–H and O–H groups in total. The lowest BCUT2D eigenvalue weighted by Crippen LogP contribution is -1.99. The van der Waals surface area contributed by atoms with Gasteiger partial charge in [0, 0.05) is 13.5 Å². The number of hydrogen-bond acceptors (Lipinski definition) is 4. The highest BCUT2D eigenvalue weighted by atomic mass is 16.5. The van der Waals surface area contributed by atoms with Crippen molar-refractivity contribution in [2.24, 2.45) is 0 Å². The van der Waals surface area contributed by atoms with Gasteiger partial charge in [0.2, 0.25) is 0 Å². The second-order valence-corrected chi connectivity index (χ2v) is 2.92. The first-order valence-corrected chi connectivity index (χ1v) is 5.13. The van der Waals surface area contributed by atoms with Gasteiger partial charge >= 0.3 is 5.97 Å². The van der Waals surface area contributed by atoms with Crippen molar-refractivity contribution in [3.8, 4) is 0 Å². The van der Waals surface area contributed by atoms with Crippen molar-refractivity contribution in [1.82, 2.24) is 0 Å². The average Bonchev–Trinajstić information content (AvgIpc) is 2.04. The molecule has 0 aliphatic heterocycles. The van der Waals surface area contributed by atoms with Gasteiger partial charge in [-0.2, -0.15) is 0 Å². The molecule has 0 aliphatic carbocycles. The van der Waals surface area contributed by atoms with Crippen LogP contribution in [0.3, 0.4) is 0 Å². The molecule has 4 heteroatoms. The van der Waals surface area contributed by atoms with Gasteiger partial charge in [0.1, 0.15) is 5.78 Å². The van der Waals surface area contributed by atoms with Gasteiger partial charge in [-0.05, 0) is 27.2 Å². The molecule has 92 valence electrons. The molecule has 0 radical (unpaired) electrons. The molecule has 0 saturated heterocycles. The molecule has 4 nitrogen and oxygen atoms in total. The second kappa shape index (κ2) is 18.8. The fraction of sp³-hybridized carbons (Fsp3) is 0.818. The highest BCUT2D eigenvalue weighted by molar-refractivity contribution is 5.72. The first-order chi connectivity index (χ1) is 6.92. The molecule has 0 atom stereocenters. The number of aliphatic hydroxyl groups excluding tert-OH is 1. The maximum absolute atomic E-state index is 10.1. The summed E-state index contributed by atoms with van der Waals surface area (Å²) in [5, 5.41) is 7.57. The zero-order chi connectivity index (χ0) is 12.7. The summed E-state index contributed by atoms with van der Waals surface area (Å²) in [7, 11) is 0. The van der Waals surface area contributed by atoms with Gasteiger partial charge in [0.05, 0.1) is 6.61 Å². The van der Waals surface area contributed by atoms with Crippen LogP contribution in [-0.2, 0) is 14.3 Å². The van der Waals surface area contributed by atoms with Crippen molar-refractivity contribution < 1.29 is 19.4 Å². The normalized spacial score (nSPS) is 7.60. The van der Waals surface area contributed by atoms with E-state index >= 15 is 0 Å². The fourth-order valence-electron chi connectivity index (χ4n) is 0.360. The number of aliphatic hydroxyl groups is 1. The van der Waals surface area contributed by atoms with Crippen LogP contribution in [0.25, 0.3) is 0 Å². The number of hydrogen-bond donors (Lipinski definition) is 1. The summed E-state index contributed by atoms with van der Waals surface area (Å²) in [6, 6.07) is 0. The van der Waals surface area contributed by atoms with E-state index in [9.17, 15) is 9.59 Å². The quantitative estimate of drug-likeness (QED) is 0.583. The van der Waals surface area contributed by atoms with Crippen LogP contribution in [0.2, 0.25) is 0 Å². The standard InChI is InChI=1S/C6H12O2.C3H6O.C2H6O/c1-3-4-5-8-6(2)7;1-3(2)4;1-2-3/h3-5H2,1-2H3;1-2H3;3H,2H2,1H3. The maximum atomic E-state index is 10.1. The monoisotopic (exact) mass is 220 g/mol. The number of ketones is 1. The van der Waals surface area contributed by atoms with Gasteiger partial charge in [-0.25, -0.2) is 0 Å². The van der Waals surface area contributed by atoms with Gasteiger partial charge in [-0.1, -0.05) is 13.3 Å².